The van der Waals surface area contributed by atoms with Gasteiger partial charge in [-0.05, 0) is 35.4 Å². The highest BCUT2D eigenvalue weighted by Crippen LogP contribution is 2.21. The highest BCUT2D eigenvalue weighted by atomic mass is 127. The molecule has 0 amide bonds. The molecule has 14 heavy (non-hydrogen) atoms. The number of piperidine rings is 1. The number of anilines is 1. The highest BCUT2D eigenvalue weighted by molar-refractivity contribution is 14.1. The summed E-state index contributed by atoms with van der Waals surface area (Å²) in [6.45, 7) is 1.77. The van der Waals surface area contributed by atoms with Crippen molar-refractivity contribution in [3.8, 4) is 0 Å². The summed E-state index contributed by atoms with van der Waals surface area (Å²) < 4.78 is 1.07. The molecule has 1 N–H and O–H groups in total. The topological polar surface area (TPSA) is 49.2 Å². The van der Waals surface area contributed by atoms with Gasteiger partial charge in [-0.25, -0.2) is 9.97 Å². The lowest BCUT2D eigenvalue weighted by Crippen LogP contribution is -2.36. The average molecular weight is 305 g/mol. The normalized spacial score (nSPS) is 18.6. The average Bonchev–Trinajstić information content (AvgIpc) is 2.20. The van der Waals surface area contributed by atoms with Crippen LogP contribution in [0.15, 0.2) is 12.5 Å². The van der Waals surface area contributed by atoms with Crippen molar-refractivity contribution in [1.29, 1.82) is 0 Å². The minimum atomic E-state index is -0.134. The van der Waals surface area contributed by atoms with Crippen molar-refractivity contribution >= 4 is 28.4 Å². The molecule has 1 aromatic heterocycles. The van der Waals surface area contributed by atoms with Crippen LogP contribution in [0.1, 0.15) is 12.8 Å². The molecule has 0 saturated carbocycles. The van der Waals surface area contributed by atoms with Gasteiger partial charge in [-0.2, -0.15) is 0 Å². The Balaban J connectivity index is 2.12. The highest BCUT2D eigenvalue weighted by Gasteiger charge is 2.19. The number of rotatable bonds is 1. The number of aliphatic hydroxyl groups excluding tert-OH is 1. The van der Waals surface area contributed by atoms with Crippen molar-refractivity contribution in [3.63, 3.8) is 0 Å². The molecule has 76 valence electrons. The third-order valence-electron chi connectivity index (χ3n) is 2.41. The second kappa shape index (κ2) is 4.39. The molecule has 2 heterocycles. The summed E-state index contributed by atoms with van der Waals surface area (Å²) >= 11 is 2.24. The Morgan fingerprint density at radius 1 is 1.43 bits per heavy atom. The van der Waals surface area contributed by atoms with E-state index in [2.05, 4.69) is 37.5 Å². The Bertz CT molecular complexity index is 313. The third kappa shape index (κ3) is 2.14. The van der Waals surface area contributed by atoms with E-state index < -0.39 is 0 Å². The number of hydrogen-bond acceptors (Lipinski definition) is 4. The van der Waals surface area contributed by atoms with E-state index in [1.807, 2.05) is 6.20 Å². The summed E-state index contributed by atoms with van der Waals surface area (Å²) in [6, 6.07) is 0. The molecule has 0 radical (unpaired) electrons. The van der Waals surface area contributed by atoms with E-state index in [4.69, 9.17) is 0 Å². The maximum Gasteiger partial charge on any atom is 0.145 e. The first-order chi connectivity index (χ1) is 6.77. The van der Waals surface area contributed by atoms with Gasteiger partial charge in [0, 0.05) is 19.3 Å². The van der Waals surface area contributed by atoms with Crippen molar-refractivity contribution in [2.75, 3.05) is 18.0 Å². The zero-order valence-corrected chi connectivity index (χ0v) is 9.88. The fourth-order valence-electron chi connectivity index (χ4n) is 1.62. The fourth-order valence-corrected chi connectivity index (χ4v) is 2.26. The molecular weight excluding hydrogens is 293 g/mol. The maximum absolute atomic E-state index is 9.38. The smallest absolute Gasteiger partial charge is 0.145 e. The van der Waals surface area contributed by atoms with Gasteiger partial charge in [-0.15, -0.1) is 0 Å². The first-order valence-electron chi connectivity index (χ1n) is 4.66. The third-order valence-corrected chi connectivity index (χ3v) is 3.17. The van der Waals surface area contributed by atoms with E-state index in [1.54, 1.807) is 6.33 Å². The first-order valence-corrected chi connectivity index (χ1v) is 5.74. The number of halogens is 1. The van der Waals surface area contributed by atoms with E-state index in [0.29, 0.717) is 0 Å². The van der Waals surface area contributed by atoms with Crippen LogP contribution in [0.4, 0.5) is 5.82 Å². The van der Waals surface area contributed by atoms with Crippen LogP contribution in [0.3, 0.4) is 0 Å². The standard InChI is InChI=1S/C9H12IN3O/c10-8-5-11-6-12-9(8)13-3-1-7(14)2-4-13/h5-7,14H,1-4H2. The summed E-state index contributed by atoms with van der Waals surface area (Å²) in [6.07, 6.45) is 4.92. The van der Waals surface area contributed by atoms with Crippen molar-refractivity contribution in [2.45, 2.75) is 18.9 Å². The van der Waals surface area contributed by atoms with Gasteiger partial charge in [0.25, 0.3) is 0 Å². The molecule has 1 saturated heterocycles. The number of nitrogens with zero attached hydrogens (tertiary/aromatic N) is 3. The van der Waals surface area contributed by atoms with Crippen LogP contribution in [-0.4, -0.2) is 34.3 Å². The summed E-state index contributed by atoms with van der Waals surface area (Å²) in [5.41, 5.74) is 0. The molecule has 0 aliphatic carbocycles. The molecule has 1 aromatic rings. The molecule has 1 fully saturated rings. The van der Waals surface area contributed by atoms with E-state index in [9.17, 15) is 5.11 Å². The van der Waals surface area contributed by atoms with Crippen molar-refractivity contribution in [2.24, 2.45) is 0 Å². The quantitative estimate of drug-likeness (QED) is 0.788. The SMILES string of the molecule is OC1CCN(c2ncncc2I)CC1. The molecule has 0 bridgehead atoms. The van der Waals surface area contributed by atoms with Gasteiger partial charge in [0.05, 0.1) is 9.67 Å². The number of aliphatic hydroxyl groups is 1. The maximum atomic E-state index is 9.38. The minimum absolute atomic E-state index is 0.134. The van der Waals surface area contributed by atoms with Gasteiger partial charge < -0.3 is 10.0 Å². The first kappa shape index (κ1) is 10.1. The summed E-state index contributed by atoms with van der Waals surface area (Å²) in [7, 11) is 0. The van der Waals surface area contributed by atoms with Gasteiger partial charge in [0.1, 0.15) is 12.1 Å². The lowest BCUT2D eigenvalue weighted by molar-refractivity contribution is 0.145. The summed E-state index contributed by atoms with van der Waals surface area (Å²) in [5.74, 6) is 0.993. The predicted octanol–water partition coefficient (Wildman–Crippen LogP) is 1.04. The van der Waals surface area contributed by atoms with E-state index >= 15 is 0 Å². The Labute approximate surface area is 96.5 Å². The molecule has 1 aliphatic heterocycles. The molecule has 0 spiro atoms. The predicted molar refractivity (Wildman–Crippen MR) is 62.2 cm³/mol. The lowest BCUT2D eigenvalue weighted by atomic mass is 10.1. The van der Waals surface area contributed by atoms with Gasteiger partial charge in [0.2, 0.25) is 0 Å². The largest absolute Gasteiger partial charge is 0.393 e. The number of aromatic nitrogens is 2. The summed E-state index contributed by atoms with van der Waals surface area (Å²) in [5, 5.41) is 9.38. The molecule has 4 nitrogen and oxygen atoms in total. The molecular formula is C9H12IN3O. The molecule has 2 rings (SSSR count). The monoisotopic (exact) mass is 305 g/mol. The van der Waals surface area contributed by atoms with Crippen LogP contribution in [-0.2, 0) is 0 Å². The van der Waals surface area contributed by atoms with Gasteiger partial charge >= 0.3 is 0 Å². The van der Waals surface area contributed by atoms with Crippen LogP contribution < -0.4 is 4.90 Å². The van der Waals surface area contributed by atoms with Crippen molar-refractivity contribution in [1.82, 2.24) is 9.97 Å². The van der Waals surface area contributed by atoms with E-state index in [0.717, 1.165) is 35.3 Å². The Kier molecular flexibility index (Phi) is 3.17. The lowest BCUT2D eigenvalue weighted by Gasteiger charge is -2.30. The van der Waals surface area contributed by atoms with Crippen molar-refractivity contribution in [3.05, 3.63) is 16.1 Å². The van der Waals surface area contributed by atoms with Crippen molar-refractivity contribution < 1.29 is 5.11 Å². The second-order valence-corrected chi connectivity index (χ2v) is 4.57. The zero-order chi connectivity index (χ0) is 9.97. The van der Waals surface area contributed by atoms with Gasteiger partial charge in [0.15, 0.2) is 0 Å². The fraction of sp³-hybridized carbons (Fsp3) is 0.556. The Morgan fingerprint density at radius 3 is 2.79 bits per heavy atom. The van der Waals surface area contributed by atoms with Gasteiger partial charge in [-0.1, -0.05) is 0 Å². The Morgan fingerprint density at radius 2 is 2.14 bits per heavy atom. The second-order valence-electron chi connectivity index (χ2n) is 3.41. The van der Waals surface area contributed by atoms with Crippen LogP contribution in [0, 0.1) is 3.57 Å². The Hall–Kier alpha value is -0.430. The summed E-state index contributed by atoms with van der Waals surface area (Å²) in [4.78, 5) is 10.4. The molecule has 5 heteroatoms. The van der Waals surface area contributed by atoms with Crippen LogP contribution >= 0.6 is 22.6 Å². The molecule has 0 unspecified atom stereocenters. The van der Waals surface area contributed by atoms with Crippen LogP contribution in [0.5, 0.6) is 0 Å². The molecule has 0 atom stereocenters. The van der Waals surface area contributed by atoms with Gasteiger partial charge in [-0.3, -0.25) is 0 Å². The minimum Gasteiger partial charge on any atom is -0.393 e. The molecule has 0 aromatic carbocycles. The van der Waals surface area contributed by atoms with E-state index in [-0.39, 0.29) is 6.10 Å². The van der Waals surface area contributed by atoms with Crippen LogP contribution in [0.25, 0.3) is 0 Å². The number of hydrogen-bond donors (Lipinski definition) is 1. The zero-order valence-electron chi connectivity index (χ0n) is 7.73. The molecule has 1 aliphatic rings. The van der Waals surface area contributed by atoms with Crippen LogP contribution in [0.2, 0.25) is 0 Å². The van der Waals surface area contributed by atoms with E-state index in [1.165, 1.54) is 0 Å².